The average molecular weight is 229 g/mol. The first-order chi connectivity index (χ1) is 8.25. The lowest BCUT2D eigenvalue weighted by Gasteiger charge is -2.00. The first-order valence-corrected chi connectivity index (χ1v) is 6.12. The van der Waals surface area contributed by atoms with Crippen molar-refractivity contribution in [2.45, 2.75) is 38.5 Å². The van der Waals surface area contributed by atoms with Gasteiger partial charge in [-0.05, 0) is 31.9 Å². The number of aromatic nitrogens is 3. The Morgan fingerprint density at radius 3 is 2.88 bits per heavy atom. The number of Topliss-reactive ketones (excluding diaryl/α,β-unsaturated/α-hetero) is 1. The molecule has 0 bridgehead atoms. The van der Waals surface area contributed by atoms with Crippen LogP contribution in [0.1, 0.15) is 54.7 Å². The molecular formula is C13H15N3O. The Bertz CT molecular complexity index is 567. The molecule has 0 N–H and O–H groups in total. The van der Waals surface area contributed by atoms with E-state index in [0.29, 0.717) is 17.1 Å². The van der Waals surface area contributed by atoms with Crippen LogP contribution in [0.25, 0.3) is 5.65 Å². The van der Waals surface area contributed by atoms with Gasteiger partial charge in [0.2, 0.25) is 0 Å². The minimum absolute atomic E-state index is 0.0426. The van der Waals surface area contributed by atoms with E-state index in [1.54, 1.807) is 11.4 Å². The van der Waals surface area contributed by atoms with Gasteiger partial charge in [-0.2, -0.15) is 5.10 Å². The highest BCUT2D eigenvalue weighted by Gasteiger charge is 2.22. The maximum atomic E-state index is 11.5. The highest BCUT2D eigenvalue weighted by atomic mass is 16.1. The molecule has 0 saturated heterocycles. The second-order valence-electron chi connectivity index (χ2n) is 4.70. The zero-order valence-electron chi connectivity index (χ0n) is 9.89. The molecule has 0 unspecified atom stereocenters. The van der Waals surface area contributed by atoms with E-state index in [-0.39, 0.29) is 5.78 Å². The number of hydrogen-bond acceptors (Lipinski definition) is 3. The number of rotatable bonds is 2. The SMILES string of the molecule is CC(=O)c1cccn2nc(C3CCCC3)nc12. The van der Waals surface area contributed by atoms with Crippen LogP contribution in [0.5, 0.6) is 0 Å². The van der Waals surface area contributed by atoms with Gasteiger partial charge in [-0.25, -0.2) is 9.50 Å². The summed E-state index contributed by atoms with van der Waals surface area (Å²) in [6.07, 6.45) is 6.73. The van der Waals surface area contributed by atoms with Crippen LogP contribution in [0.15, 0.2) is 18.3 Å². The number of hydrogen-bond donors (Lipinski definition) is 0. The fourth-order valence-electron chi connectivity index (χ4n) is 2.55. The van der Waals surface area contributed by atoms with E-state index in [1.165, 1.54) is 25.7 Å². The number of nitrogens with zero attached hydrogens (tertiary/aromatic N) is 3. The van der Waals surface area contributed by atoms with E-state index >= 15 is 0 Å². The van der Waals surface area contributed by atoms with Gasteiger partial charge in [0, 0.05) is 12.1 Å². The van der Waals surface area contributed by atoms with Gasteiger partial charge >= 0.3 is 0 Å². The molecule has 2 aromatic heterocycles. The van der Waals surface area contributed by atoms with Crippen LogP contribution in [-0.4, -0.2) is 20.4 Å². The van der Waals surface area contributed by atoms with E-state index in [0.717, 1.165) is 5.82 Å². The summed E-state index contributed by atoms with van der Waals surface area (Å²) in [6, 6.07) is 3.65. The van der Waals surface area contributed by atoms with Gasteiger partial charge in [-0.3, -0.25) is 4.79 Å². The standard InChI is InChI=1S/C13H15N3O/c1-9(17)11-7-4-8-16-13(11)14-12(15-16)10-5-2-3-6-10/h4,7-8,10H,2-3,5-6H2,1H3. The molecule has 0 radical (unpaired) electrons. The number of fused-ring (bicyclic) bond motifs is 1. The van der Waals surface area contributed by atoms with Crippen molar-refractivity contribution in [3.05, 3.63) is 29.7 Å². The second-order valence-corrected chi connectivity index (χ2v) is 4.70. The summed E-state index contributed by atoms with van der Waals surface area (Å²) in [5.41, 5.74) is 1.35. The molecule has 2 aromatic rings. The Morgan fingerprint density at radius 2 is 2.18 bits per heavy atom. The van der Waals surface area contributed by atoms with Crippen LogP contribution in [0.2, 0.25) is 0 Å². The molecule has 0 amide bonds. The van der Waals surface area contributed by atoms with Crippen molar-refractivity contribution >= 4 is 11.4 Å². The summed E-state index contributed by atoms with van der Waals surface area (Å²) >= 11 is 0. The van der Waals surface area contributed by atoms with Crippen LogP contribution in [-0.2, 0) is 0 Å². The van der Waals surface area contributed by atoms with E-state index in [9.17, 15) is 4.79 Å². The van der Waals surface area contributed by atoms with E-state index in [1.807, 2.05) is 18.3 Å². The van der Waals surface area contributed by atoms with Crippen LogP contribution < -0.4 is 0 Å². The number of carbonyl (C=O) groups excluding carboxylic acids is 1. The van der Waals surface area contributed by atoms with Crippen LogP contribution in [0.3, 0.4) is 0 Å². The van der Waals surface area contributed by atoms with Gasteiger partial charge in [0.1, 0.15) is 0 Å². The maximum Gasteiger partial charge on any atom is 0.166 e. The summed E-state index contributed by atoms with van der Waals surface area (Å²) in [4.78, 5) is 16.1. The number of ketones is 1. The van der Waals surface area contributed by atoms with E-state index in [4.69, 9.17) is 0 Å². The van der Waals surface area contributed by atoms with Crippen molar-refractivity contribution in [1.29, 1.82) is 0 Å². The molecule has 0 aromatic carbocycles. The summed E-state index contributed by atoms with van der Waals surface area (Å²) in [6.45, 7) is 1.57. The fourth-order valence-corrected chi connectivity index (χ4v) is 2.55. The number of carbonyl (C=O) groups is 1. The van der Waals surface area contributed by atoms with Gasteiger partial charge in [-0.1, -0.05) is 12.8 Å². The molecule has 4 heteroatoms. The van der Waals surface area contributed by atoms with Crippen LogP contribution in [0.4, 0.5) is 0 Å². The summed E-state index contributed by atoms with van der Waals surface area (Å²) < 4.78 is 1.73. The topological polar surface area (TPSA) is 47.3 Å². The first kappa shape index (κ1) is 10.4. The lowest BCUT2D eigenvalue weighted by Crippen LogP contribution is -1.97. The predicted octanol–water partition coefficient (Wildman–Crippen LogP) is 2.59. The average Bonchev–Trinajstić information content (AvgIpc) is 2.96. The monoisotopic (exact) mass is 229 g/mol. The molecule has 3 rings (SSSR count). The molecule has 1 fully saturated rings. The third kappa shape index (κ3) is 1.73. The Hall–Kier alpha value is -1.71. The van der Waals surface area contributed by atoms with Gasteiger partial charge in [0.15, 0.2) is 17.3 Å². The quantitative estimate of drug-likeness (QED) is 0.743. The van der Waals surface area contributed by atoms with Crippen molar-refractivity contribution < 1.29 is 4.79 Å². The van der Waals surface area contributed by atoms with Gasteiger partial charge in [0.05, 0.1) is 5.56 Å². The molecule has 2 heterocycles. The summed E-state index contributed by atoms with van der Waals surface area (Å²) in [5, 5.41) is 4.49. The van der Waals surface area contributed by atoms with E-state index in [2.05, 4.69) is 10.1 Å². The summed E-state index contributed by atoms with van der Waals surface area (Å²) in [5.74, 6) is 1.42. The molecular weight excluding hydrogens is 214 g/mol. The first-order valence-electron chi connectivity index (χ1n) is 6.12. The molecule has 4 nitrogen and oxygen atoms in total. The molecule has 0 spiro atoms. The number of pyridine rings is 1. The highest BCUT2D eigenvalue weighted by Crippen LogP contribution is 2.32. The van der Waals surface area contributed by atoms with Crippen molar-refractivity contribution in [3.63, 3.8) is 0 Å². The molecule has 0 aliphatic heterocycles. The molecule has 0 atom stereocenters. The molecule has 17 heavy (non-hydrogen) atoms. The Balaban J connectivity index is 2.11. The lowest BCUT2D eigenvalue weighted by molar-refractivity contribution is 0.101. The van der Waals surface area contributed by atoms with Gasteiger partial charge in [-0.15, -0.1) is 0 Å². The highest BCUT2D eigenvalue weighted by molar-refractivity contribution is 5.99. The third-order valence-corrected chi connectivity index (χ3v) is 3.48. The van der Waals surface area contributed by atoms with Gasteiger partial charge < -0.3 is 0 Å². The van der Waals surface area contributed by atoms with Crippen molar-refractivity contribution in [2.24, 2.45) is 0 Å². The Morgan fingerprint density at radius 1 is 1.41 bits per heavy atom. The predicted molar refractivity (Wildman–Crippen MR) is 64.2 cm³/mol. The lowest BCUT2D eigenvalue weighted by atomic mass is 10.1. The summed E-state index contributed by atoms with van der Waals surface area (Å²) in [7, 11) is 0. The molecule has 1 saturated carbocycles. The minimum Gasteiger partial charge on any atom is -0.294 e. The zero-order valence-corrected chi connectivity index (χ0v) is 9.89. The van der Waals surface area contributed by atoms with Crippen molar-refractivity contribution in [2.75, 3.05) is 0 Å². The molecule has 1 aliphatic rings. The smallest absolute Gasteiger partial charge is 0.166 e. The second kappa shape index (κ2) is 3.95. The molecule has 1 aliphatic carbocycles. The maximum absolute atomic E-state index is 11.5. The Labute approximate surface area is 99.7 Å². The normalized spacial score (nSPS) is 16.8. The Kier molecular flexibility index (Phi) is 2.42. The van der Waals surface area contributed by atoms with Crippen molar-refractivity contribution in [1.82, 2.24) is 14.6 Å². The zero-order chi connectivity index (χ0) is 11.8. The third-order valence-electron chi connectivity index (χ3n) is 3.48. The van der Waals surface area contributed by atoms with Gasteiger partial charge in [0.25, 0.3) is 0 Å². The fraction of sp³-hybridized carbons (Fsp3) is 0.462. The van der Waals surface area contributed by atoms with Crippen LogP contribution >= 0.6 is 0 Å². The van der Waals surface area contributed by atoms with Crippen LogP contribution in [0, 0.1) is 0 Å². The largest absolute Gasteiger partial charge is 0.294 e. The minimum atomic E-state index is 0.0426. The molecule has 88 valence electrons. The van der Waals surface area contributed by atoms with Crippen molar-refractivity contribution in [3.8, 4) is 0 Å². The van der Waals surface area contributed by atoms with E-state index < -0.39 is 0 Å².